The van der Waals surface area contributed by atoms with Crippen molar-refractivity contribution < 1.29 is 9.90 Å². The summed E-state index contributed by atoms with van der Waals surface area (Å²) < 4.78 is 0. The number of carboxylic acid groups (broad SMARTS) is 1. The monoisotopic (exact) mass is 293 g/mol. The fraction of sp³-hybridized carbons (Fsp3) is 0.0714. The van der Waals surface area contributed by atoms with Crippen molar-refractivity contribution in [1.82, 2.24) is 0 Å². The van der Waals surface area contributed by atoms with Crippen molar-refractivity contribution in [3.05, 3.63) is 59.1 Å². The third-order valence-corrected chi connectivity index (χ3v) is 4.11. The molecule has 3 N–H and O–H groups in total. The van der Waals surface area contributed by atoms with Gasteiger partial charge in [0.25, 0.3) is 0 Å². The number of thioether (sulfide) groups is 1. The molecule has 1 atom stereocenters. The summed E-state index contributed by atoms with van der Waals surface area (Å²) in [5, 5.41) is 9.19. The predicted molar refractivity (Wildman–Crippen MR) is 78.5 cm³/mol. The van der Waals surface area contributed by atoms with Gasteiger partial charge in [0.2, 0.25) is 0 Å². The maximum absolute atomic E-state index is 11.4. The molecule has 1 unspecified atom stereocenters. The Bertz CT molecular complexity index is 589. The number of hydrogen-bond acceptors (Lipinski definition) is 3. The van der Waals surface area contributed by atoms with Gasteiger partial charge in [0.15, 0.2) is 0 Å². The van der Waals surface area contributed by atoms with Crippen LogP contribution in [0.5, 0.6) is 0 Å². The maximum Gasteiger partial charge on any atom is 0.321 e. The predicted octanol–water partition coefficient (Wildman–Crippen LogP) is 3.84. The summed E-state index contributed by atoms with van der Waals surface area (Å²) in [6, 6.07) is 14.1. The van der Waals surface area contributed by atoms with E-state index in [4.69, 9.17) is 17.3 Å². The molecule has 0 spiro atoms. The first-order chi connectivity index (χ1) is 9.08. The standard InChI is InChI=1S/C14H12ClNO2S/c15-10-6-7-12(11(16)8-10)19-13(14(17)18)9-4-2-1-3-5-9/h1-8,13H,16H2,(H,17,18). The Labute approximate surface area is 120 Å². The highest BCUT2D eigenvalue weighted by Crippen LogP contribution is 2.38. The van der Waals surface area contributed by atoms with Gasteiger partial charge in [-0.15, -0.1) is 11.8 Å². The molecule has 0 saturated carbocycles. The Morgan fingerprint density at radius 1 is 1.21 bits per heavy atom. The summed E-state index contributed by atoms with van der Waals surface area (Å²) in [6.45, 7) is 0. The van der Waals surface area contributed by atoms with Crippen LogP contribution in [-0.4, -0.2) is 11.1 Å². The van der Waals surface area contributed by atoms with Gasteiger partial charge in [-0.3, -0.25) is 4.79 Å². The normalized spacial score (nSPS) is 12.1. The van der Waals surface area contributed by atoms with E-state index in [0.717, 1.165) is 5.56 Å². The largest absolute Gasteiger partial charge is 0.480 e. The molecule has 5 heteroatoms. The number of rotatable bonds is 4. The molecule has 0 saturated heterocycles. The van der Waals surface area contributed by atoms with Gasteiger partial charge >= 0.3 is 5.97 Å². The second kappa shape index (κ2) is 5.99. The van der Waals surface area contributed by atoms with Crippen LogP contribution in [0, 0.1) is 0 Å². The highest BCUT2D eigenvalue weighted by atomic mass is 35.5. The van der Waals surface area contributed by atoms with E-state index in [9.17, 15) is 9.90 Å². The zero-order chi connectivity index (χ0) is 13.8. The Kier molecular flexibility index (Phi) is 4.35. The fourth-order valence-electron chi connectivity index (χ4n) is 1.64. The SMILES string of the molecule is Nc1cc(Cl)ccc1SC(C(=O)O)c1ccccc1. The number of anilines is 1. The topological polar surface area (TPSA) is 63.3 Å². The molecule has 0 radical (unpaired) electrons. The Morgan fingerprint density at radius 3 is 2.47 bits per heavy atom. The van der Waals surface area contributed by atoms with Gasteiger partial charge in [-0.05, 0) is 23.8 Å². The van der Waals surface area contributed by atoms with Gasteiger partial charge in [-0.1, -0.05) is 41.9 Å². The van der Waals surface area contributed by atoms with E-state index >= 15 is 0 Å². The van der Waals surface area contributed by atoms with E-state index < -0.39 is 11.2 Å². The van der Waals surface area contributed by atoms with Crippen LogP contribution in [-0.2, 0) is 4.79 Å². The zero-order valence-corrected chi connectivity index (χ0v) is 11.5. The molecule has 0 aliphatic rings. The average Bonchev–Trinajstić information content (AvgIpc) is 2.38. The van der Waals surface area contributed by atoms with Crippen LogP contribution in [0.3, 0.4) is 0 Å². The van der Waals surface area contributed by atoms with E-state index in [1.807, 2.05) is 18.2 Å². The second-order valence-electron chi connectivity index (χ2n) is 3.93. The third kappa shape index (κ3) is 3.43. The number of aliphatic carboxylic acids is 1. The highest BCUT2D eigenvalue weighted by Gasteiger charge is 2.21. The molecular formula is C14H12ClNO2S. The van der Waals surface area contributed by atoms with Crippen LogP contribution in [0.1, 0.15) is 10.8 Å². The molecule has 0 aliphatic carbocycles. The summed E-state index contributed by atoms with van der Waals surface area (Å²) in [7, 11) is 0. The Hall–Kier alpha value is -1.65. The number of hydrogen-bond donors (Lipinski definition) is 2. The second-order valence-corrected chi connectivity index (χ2v) is 5.51. The summed E-state index contributed by atoms with van der Waals surface area (Å²) in [6.07, 6.45) is 0. The van der Waals surface area contributed by atoms with E-state index in [1.165, 1.54) is 11.8 Å². The number of nitrogen functional groups attached to an aromatic ring is 1. The van der Waals surface area contributed by atoms with Gasteiger partial charge in [0.05, 0.1) is 0 Å². The first-order valence-electron chi connectivity index (χ1n) is 5.57. The van der Waals surface area contributed by atoms with E-state index in [2.05, 4.69) is 0 Å². The lowest BCUT2D eigenvalue weighted by molar-refractivity contribution is -0.136. The minimum Gasteiger partial charge on any atom is -0.480 e. The lowest BCUT2D eigenvalue weighted by Crippen LogP contribution is -2.08. The maximum atomic E-state index is 11.4. The number of carboxylic acids is 1. The molecule has 2 aromatic carbocycles. The molecule has 0 fully saturated rings. The van der Waals surface area contributed by atoms with Gasteiger partial charge in [-0.2, -0.15) is 0 Å². The highest BCUT2D eigenvalue weighted by molar-refractivity contribution is 8.00. The molecule has 0 bridgehead atoms. The van der Waals surface area contributed by atoms with Crippen LogP contribution < -0.4 is 5.73 Å². The zero-order valence-electron chi connectivity index (χ0n) is 9.92. The first-order valence-corrected chi connectivity index (χ1v) is 6.83. The van der Waals surface area contributed by atoms with Gasteiger partial charge in [0.1, 0.15) is 5.25 Å². The Balaban J connectivity index is 2.29. The number of carbonyl (C=O) groups is 1. The Morgan fingerprint density at radius 2 is 1.89 bits per heavy atom. The molecule has 3 nitrogen and oxygen atoms in total. The van der Waals surface area contributed by atoms with Crippen LogP contribution >= 0.6 is 23.4 Å². The minimum atomic E-state index is -0.898. The van der Waals surface area contributed by atoms with Crippen LogP contribution in [0.4, 0.5) is 5.69 Å². The lowest BCUT2D eigenvalue weighted by Gasteiger charge is -2.14. The molecule has 98 valence electrons. The molecular weight excluding hydrogens is 282 g/mol. The molecule has 2 rings (SSSR count). The average molecular weight is 294 g/mol. The van der Waals surface area contributed by atoms with Crippen molar-refractivity contribution in [2.45, 2.75) is 10.1 Å². The minimum absolute atomic E-state index is 0.486. The van der Waals surface area contributed by atoms with E-state index in [1.54, 1.807) is 30.3 Å². The van der Waals surface area contributed by atoms with E-state index in [0.29, 0.717) is 15.6 Å². The molecule has 0 aliphatic heterocycles. The summed E-state index contributed by atoms with van der Waals surface area (Å²) in [4.78, 5) is 12.1. The fourth-order valence-corrected chi connectivity index (χ4v) is 2.81. The summed E-state index contributed by atoms with van der Waals surface area (Å²) in [5.41, 5.74) is 7.07. The molecule has 0 aromatic heterocycles. The van der Waals surface area contributed by atoms with Crippen molar-refractivity contribution in [2.75, 3.05) is 5.73 Å². The van der Waals surface area contributed by atoms with Crippen LogP contribution in [0.25, 0.3) is 0 Å². The first kappa shape index (κ1) is 13.8. The third-order valence-electron chi connectivity index (χ3n) is 2.54. The van der Waals surface area contributed by atoms with E-state index in [-0.39, 0.29) is 0 Å². The lowest BCUT2D eigenvalue weighted by atomic mass is 10.1. The van der Waals surface area contributed by atoms with Crippen molar-refractivity contribution in [3.63, 3.8) is 0 Å². The smallest absolute Gasteiger partial charge is 0.321 e. The van der Waals surface area contributed by atoms with Crippen molar-refractivity contribution in [3.8, 4) is 0 Å². The number of halogens is 1. The molecule has 2 aromatic rings. The summed E-state index contributed by atoms with van der Waals surface area (Å²) in [5.74, 6) is -0.898. The molecule has 0 heterocycles. The molecule has 0 amide bonds. The van der Waals surface area contributed by atoms with Crippen molar-refractivity contribution in [2.24, 2.45) is 0 Å². The number of nitrogens with two attached hydrogens (primary N) is 1. The van der Waals surface area contributed by atoms with Crippen LogP contribution in [0.2, 0.25) is 5.02 Å². The van der Waals surface area contributed by atoms with Gasteiger partial charge < -0.3 is 10.8 Å². The van der Waals surface area contributed by atoms with Crippen molar-refractivity contribution in [1.29, 1.82) is 0 Å². The molecule has 19 heavy (non-hydrogen) atoms. The summed E-state index contributed by atoms with van der Waals surface area (Å²) >= 11 is 7.03. The van der Waals surface area contributed by atoms with Crippen molar-refractivity contribution >= 4 is 35.0 Å². The number of benzene rings is 2. The quantitative estimate of drug-likeness (QED) is 0.664. The van der Waals surface area contributed by atoms with Gasteiger partial charge in [-0.25, -0.2) is 0 Å². The van der Waals surface area contributed by atoms with Gasteiger partial charge in [0, 0.05) is 15.6 Å². The van der Waals surface area contributed by atoms with Crippen LogP contribution in [0.15, 0.2) is 53.4 Å².